The number of nitrogens with one attached hydrogen (secondary N) is 1. The zero-order valence-electron chi connectivity index (χ0n) is 9.06. The van der Waals surface area contributed by atoms with E-state index in [2.05, 4.69) is 20.7 Å². The molecule has 0 saturated carbocycles. The fourth-order valence-electron chi connectivity index (χ4n) is 1.34. The summed E-state index contributed by atoms with van der Waals surface area (Å²) in [4.78, 5) is -0.380. The molecular weight excluding hydrogens is 325 g/mol. The summed E-state index contributed by atoms with van der Waals surface area (Å²) in [5.74, 6) is -0.802. The molecule has 2 rings (SSSR count). The quantitative estimate of drug-likeness (QED) is 0.935. The molecule has 0 aliphatic rings. The molecule has 1 aromatic carbocycles. The van der Waals surface area contributed by atoms with Gasteiger partial charge in [0.05, 0.1) is 12.5 Å². The van der Waals surface area contributed by atoms with Crippen molar-refractivity contribution in [2.75, 3.05) is 0 Å². The molecular formula is C11H9BrFNO3S. The van der Waals surface area contributed by atoms with Crippen LogP contribution in [0.3, 0.4) is 0 Å². The highest BCUT2D eigenvalue weighted by atomic mass is 79.9. The molecule has 18 heavy (non-hydrogen) atoms. The third-order valence-electron chi connectivity index (χ3n) is 2.23. The van der Waals surface area contributed by atoms with Crippen LogP contribution in [0.2, 0.25) is 0 Å². The van der Waals surface area contributed by atoms with E-state index in [0.29, 0.717) is 10.0 Å². The lowest BCUT2D eigenvalue weighted by Gasteiger charge is -2.06. The van der Waals surface area contributed by atoms with E-state index in [9.17, 15) is 12.8 Å². The molecule has 0 aliphatic heterocycles. The van der Waals surface area contributed by atoms with Gasteiger partial charge in [0.2, 0.25) is 10.0 Å². The van der Waals surface area contributed by atoms with Crippen molar-refractivity contribution in [3.63, 3.8) is 0 Å². The molecule has 2 aromatic rings. The van der Waals surface area contributed by atoms with Crippen LogP contribution in [0.5, 0.6) is 0 Å². The summed E-state index contributed by atoms with van der Waals surface area (Å²) in [5, 5.41) is 0. The molecule has 0 atom stereocenters. The van der Waals surface area contributed by atoms with E-state index in [1.165, 1.54) is 24.7 Å². The van der Waals surface area contributed by atoms with Gasteiger partial charge in [0, 0.05) is 16.6 Å². The van der Waals surface area contributed by atoms with E-state index in [1.54, 1.807) is 6.07 Å². The van der Waals surface area contributed by atoms with Crippen molar-refractivity contribution < 1.29 is 17.2 Å². The summed E-state index contributed by atoms with van der Waals surface area (Å²) < 4.78 is 44.9. The van der Waals surface area contributed by atoms with Crippen LogP contribution in [0.4, 0.5) is 4.39 Å². The molecule has 1 N–H and O–H groups in total. The summed E-state index contributed by atoms with van der Waals surface area (Å²) in [7, 11) is -3.87. The Bertz CT molecular complexity index is 640. The smallest absolute Gasteiger partial charge is 0.243 e. The van der Waals surface area contributed by atoms with Gasteiger partial charge in [0.15, 0.2) is 0 Å². The van der Waals surface area contributed by atoms with Crippen LogP contribution >= 0.6 is 15.9 Å². The van der Waals surface area contributed by atoms with Crippen molar-refractivity contribution in [1.82, 2.24) is 4.72 Å². The van der Waals surface area contributed by atoms with Gasteiger partial charge in [0.25, 0.3) is 0 Å². The summed E-state index contributed by atoms with van der Waals surface area (Å²) in [6, 6.07) is 5.40. The number of hydrogen-bond acceptors (Lipinski definition) is 3. The number of halogens is 2. The monoisotopic (exact) mass is 333 g/mol. The highest BCUT2D eigenvalue weighted by Gasteiger charge is 2.18. The third-order valence-corrected chi connectivity index (χ3v) is 4.16. The van der Waals surface area contributed by atoms with Crippen molar-refractivity contribution in [2.24, 2.45) is 0 Å². The zero-order valence-corrected chi connectivity index (χ0v) is 11.5. The van der Waals surface area contributed by atoms with E-state index in [0.717, 1.165) is 6.07 Å². The molecule has 1 heterocycles. The van der Waals surface area contributed by atoms with Gasteiger partial charge in [0.1, 0.15) is 10.7 Å². The number of sulfonamides is 1. The van der Waals surface area contributed by atoms with Crippen LogP contribution in [0.25, 0.3) is 0 Å². The summed E-state index contributed by atoms with van der Waals surface area (Å²) in [6.45, 7) is 0.0499. The first-order valence-corrected chi connectivity index (χ1v) is 7.22. The Labute approximate surface area is 112 Å². The highest BCUT2D eigenvalue weighted by Crippen LogP contribution is 2.19. The number of hydrogen-bond donors (Lipinski definition) is 1. The standard InChI is InChI=1S/C11H9BrFNO3S/c12-9-1-2-11(10(13)5-9)18(15,16)14-6-8-3-4-17-7-8/h1-5,7,14H,6H2. The number of furan rings is 1. The molecule has 0 spiro atoms. The molecule has 7 heteroatoms. The summed E-state index contributed by atoms with van der Waals surface area (Å²) in [5.41, 5.74) is 0.663. The molecule has 4 nitrogen and oxygen atoms in total. The fourth-order valence-corrected chi connectivity index (χ4v) is 2.75. The minimum Gasteiger partial charge on any atom is -0.472 e. The van der Waals surface area contributed by atoms with Crippen LogP contribution in [0.1, 0.15) is 5.56 Å². The highest BCUT2D eigenvalue weighted by molar-refractivity contribution is 9.10. The SMILES string of the molecule is O=S(=O)(NCc1ccoc1)c1ccc(Br)cc1F. The van der Waals surface area contributed by atoms with Crippen molar-refractivity contribution in [3.05, 3.63) is 52.6 Å². The Kier molecular flexibility index (Phi) is 3.84. The lowest BCUT2D eigenvalue weighted by molar-refractivity contribution is 0.553. The van der Waals surface area contributed by atoms with Gasteiger partial charge in [-0.15, -0.1) is 0 Å². The lowest BCUT2D eigenvalue weighted by Crippen LogP contribution is -2.24. The first kappa shape index (κ1) is 13.3. The first-order valence-electron chi connectivity index (χ1n) is 4.95. The average Bonchev–Trinajstić information content (AvgIpc) is 2.78. The first-order chi connectivity index (χ1) is 8.49. The molecule has 0 aliphatic carbocycles. The van der Waals surface area contributed by atoms with E-state index < -0.39 is 15.8 Å². The van der Waals surface area contributed by atoms with Crippen molar-refractivity contribution >= 4 is 26.0 Å². The maximum absolute atomic E-state index is 13.5. The van der Waals surface area contributed by atoms with Crippen LogP contribution in [-0.2, 0) is 16.6 Å². The second kappa shape index (κ2) is 5.21. The second-order valence-corrected chi connectivity index (χ2v) is 6.18. The topological polar surface area (TPSA) is 59.3 Å². The minimum absolute atomic E-state index is 0.0499. The maximum atomic E-state index is 13.5. The molecule has 0 radical (unpaired) electrons. The Morgan fingerprint density at radius 3 is 2.72 bits per heavy atom. The Morgan fingerprint density at radius 2 is 2.11 bits per heavy atom. The van der Waals surface area contributed by atoms with Crippen molar-refractivity contribution in [3.8, 4) is 0 Å². The van der Waals surface area contributed by atoms with Gasteiger partial charge in [-0.2, -0.15) is 0 Å². The third kappa shape index (κ3) is 2.98. The molecule has 0 saturated heterocycles. The van der Waals surface area contributed by atoms with E-state index in [4.69, 9.17) is 4.42 Å². The van der Waals surface area contributed by atoms with Crippen molar-refractivity contribution in [2.45, 2.75) is 11.4 Å². The van der Waals surface area contributed by atoms with Crippen LogP contribution < -0.4 is 4.72 Å². The molecule has 96 valence electrons. The molecule has 0 unspecified atom stereocenters. The van der Waals surface area contributed by atoms with Gasteiger partial charge in [-0.1, -0.05) is 15.9 Å². The Hall–Kier alpha value is -1.18. The van der Waals surface area contributed by atoms with Crippen LogP contribution in [-0.4, -0.2) is 8.42 Å². The summed E-state index contributed by atoms with van der Waals surface area (Å²) >= 11 is 3.07. The molecule has 1 aromatic heterocycles. The van der Waals surface area contributed by atoms with E-state index in [1.807, 2.05) is 0 Å². The summed E-state index contributed by atoms with van der Waals surface area (Å²) in [6.07, 6.45) is 2.85. The zero-order chi connectivity index (χ0) is 13.2. The maximum Gasteiger partial charge on any atom is 0.243 e. The minimum atomic E-state index is -3.87. The van der Waals surface area contributed by atoms with Gasteiger partial charge >= 0.3 is 0 Å². The van der Waals surface area contributed by atoms with Gasteiger partial charge in [-0.05, 0) is 24.3 Å². The van der Waals surface area contributed by atoms with Gasteiger partial charge < -0.3 is 4.42 Å². The van der Waals surface area contributed by atoms with Crippen LogP contribution in [0.15, 0.2) is 50.6 Å². The second-order valence-electron chi connectivity index (χ2n) is 3.53. The normalized spacial score (nSPS) is 11.7. The molecule has 0 fully saturated rings. The van der Waals surface area contributed by atoms with Gasteiger partial charge in [-0.3, -0.25) is 0 Å². The Balaban J connectivity index is 2.20. The predicted octanol–water partition coefficient (Wildman–Crippen LogP) is 2.66. The lowest BCUT2D eigenvalue weighted by atomic mass is 10.3. The number of benzene rings is 1. The van der Waals surface area contributed by atoms with Gasteiger partial charge in [-0.25, -0.2) is 17.5 Å². The van der Waals surface area contributed by atoms with E-state index in [-0.39, 0.29) is 11.4 Å². The van der Waals surface area contributed by atoms with E-state index >= 15 is 0 Å². The molecule has 0 bridgehead atoms. The molecule has 0 amide bonds. The fraction of sp³-hybridized carbons (Fsp3) is 0.0909. The number of rotatable bonds is 4. The largest absolute Gasteiger partial charge is 0.472 e. The van der Waals surface area contributed by atoms with Crippen LogP contribution in [0, 0.1) is 5.82 Å². The Morgan fingerprint density at radius 1 is 1.33 bits per heavy atom. The predicted molar refractivity (Wildman–Crippen MR) is 66.8 cm³/mol. The van der Waals surface area contributed by atoms with Crippen molar-refractivity contribution in [1.29, 1.82) is 0 Å². The average molecular weight is 334 g/mol.